The van der Waals surface area contributed by atoms with Crippen LogP contribution in [0.5, 0.6) is 0 Å². The molecule has 0 aliphatic carbocycles. The maximum atomic E-state index is 11.6. The zero-order valence-corrected chi connectivity index (χ0v) is 9.18. The quantitative estimate of drug-likeness (QED) is 0.749. The predicted molar refractivity (Wildman–Crippen MR) is 59.9 cm³/mol. The van der Waals surface area contributed by atoms with Gasteiger partial charge in [0.25, 0.3) is 0 Å². The van der Waals surface area contributed by atoms with E-state index in [1.807, 2.05) is 18.2 Å². The van der Waals surface area contributed by atoms with E-state index in [4.69, 9.17) is 5.73 Å². The average Bonchev–Trinajstić information content (AvgIpc) is 2.35. The smallest absolute Gasteiger partial charge is 0.306 e. The van der Waals surface area contributed by atoms with Crippen molar-refractivity contribution in [3.63, 3.8) is 0 Å². The number of esters is 1. The van der Waals surface area contributed by atoms with E-state index < -0.39 is 11.9 Å². The fourth-order valence-corrected chi connectivity index (χ4v) is 1.50. The van der Waals surface area contributed by atoms with Gasteiger partial charge < -0.3 is 10.5 Å². The van der Waals surface area contributed by atoms with Crippen molar-refractivity contribution in [3.05, 3.63) is 35.9 Å². The van der Waals surface area contributed by atoms with Crippen LogP contribution in [0.25, 0.3) is 0 Å². The third kappa shape index (κ3) is 3.17. The van der Waals surface area contributed by atoms with Gasteiger partial charge in [0.15, 0.2) is 5.78 Å². The first-order valence-corrected chi connectivity index (χ1v) is 5.03. The van der Waals surface area contributed by atoms with Gasteiger partial charge in [-0.05, 0) is 5.56 Å². The molecule has 0 radical (unpaired) electrons. The highest BCUT2D eigenvalue weighted by Crippen LogP contribution is 2.20. The van der Waals surface area contributed by atoms with Crippen LogP contribution in [0.4, 0.5) is 0 Å². The van der Waals surface area contributed by atoms with Crippen LogP contribution in [0.1, 0.15) is 17.9 Å². The Hall–Kier alpha value is -1.68. The van der Waals surface area contributed by atoms with Crippen molar-refractivity contribution >= 4 is 11.8 Å². The average molecular weight is 221 g/mol. The van der Waals surface area contributed by atoms with Crippen molar-refractivity contribution < 1.29 is 14.3 Å². The minimum atomic E-state index is -0.501. The fraction of sp³-hybridized carbons (Fsp3) is 0.333. The summed E-state index contributed by atoms with van der Waals surface area (Å²) in [5, 5.41) is 0. The number of carbonyl (C=O) groups excluding carboxylic acids is 2. The molecule has 86 valence electrons. The van der Waals surface area contributed by atoms with Gasteiger partial charge in [0.2, 0.25) is 0 Å². The van der Waals surface area contributed by atoms with E-state index in [0.29, 0.717) is 0 Å². The van der Waals surface area contributed by atoms with Crippen molar-refractivity contribution in [3.8, 4) is 0 Å². The number of hydrogen-bond donors (Lipinski definition) is 1. The summed E-state index contributed by atoms with van der Waals surface area (Å²) < 4.78 is 4.56. The van der Waals surface area contributed by atoms with E-state index in [9.17, 15) is 9.59 Å². The lowest BCUT2D eigenvalue weighted by atomic mass is 9.91. The fourth-order valence-electron chi connectivity index (χ4n) is 1.50. The maximum absolute atomic E-state index is 11.6. The van der Waals surface area contributed by atoms with Gasteiger partial charge in [0.05, 0.1) is 26.0 Å². The molecule has 0 saturated heterocycles. The summed E-state index contributed by atoms with van der Waals surface area (Å²) in [5.41, 5.74) is 6.12. The Morgan fingerprint density at radius 2 is 1.94 bits per heavy atom. The lowest BCUT2D eigenvalue weighted by Gasteiger charge is -2.13. The molecule has 1 atom stereocenters. The topological polar surface area (TPSA) is 69.4 Å². The number of Topliss-reactive ketones (excluding diaryl/α,β-unsaturated/α-hetero) is 1. The molecule has 0 fully saturated rings. The summed E-state index contributed by atoms with van der Waals surface area (Å²) in [6, 6.07) is 9.11. The minimum absolute atomic E-state index is 0.0382. The van der Waals surface area contributed by atoms with E-state index in [0.717, 1.165) is 5.56 Å². The van der Waals surface area contributed by atoms with Crippen LogP contribution in [-0.4, -0.2) is 25.4 Å². The predicted octanol–water partition coefficient (Wildman–Crippen LogP) is 0.861. The highest BCUT2D eigenvalue weighted by Gasteiger charge is 2.22. The Morgan fingerprint density at radius 3 is 2.44 bits per heavy atom. The van der Waals surface area contributed by atoms with Gasteiger partial charge in [-0.3, -0.25) is 9.59 Å². The Balaban J connectivity index is 2.88. The molecular formula is C12H15NO3. The number of ether oxygens (including phenoxy) is 1. The molecule has 2 N–H and O–H groups in total. The van der Waals surface area contributed by atoms with E-state index >= 15 is 0 Å². The summed E-state index contributed by atoms with van der Waals surface area (Å²) in [7, 11) is 1.30. The molecule has 0 saturated carbocycles. The lowest BCUT2D eigenvalue weighted by molar-refractivity contribution is -0.142. The van der Waals surface area contributed by atoms with E-state index in [1.54, 1.807) is 12.1 Å². The SMILES string of the molecule is COC(=O)CC(C(=O)CN)c1ccccc1. The van der Waals surface area contributed by atoms with Gasteiger partial charge in [-0.1, -0.05) is 30.3 Å². The number of nitrogens with two attached hydrogens (primary N) is 1. The normalized spacial score (nSPS) is 11.9. The molecule has 4 heteroatoms. The Labute approximate surface area is 94.4 Å². The number of carbonyl (C=O) groups is 2. The number of benzene rings is 1. The van der Waals surface area contributed by atoms with Crippen molar-refractivity contribution in [2.45, 2.75) is 12.3 Å². The van der Waals surface area contributed by atoms with Crippen LogP contribution in [0, 0.1) is 0 Å². The van der Waals surface area contributed by atoms with Crippen molar-refractivity contribution in [1.29, 1.82) is 0 Å². The molecule has 1 unspecified atom stereocenters. The van der Waals surface area contributed by atoms with Gasteiger partial charge in [0, 0.05) is 0 Å². The molecule has 0 aromatic heterocycles. The Bertz CT molecular complexity index is 362. The van der Waals surface area contributed by atoms with Gasteiger partial charge in [-0.2, -0.15) is 0 Å². The third-order valence-corrected chi connectivity index (χ3v) is 2.39. The largest absolute Gasteiger partial charge is 0.469 e. The van der Waals surface area contributed by atoms with Crippen LogP contribution in [-0.2, 0) is 14.3 Å². The monoisotopic (exact) mass is 221 g/mol. The van der Waals surface area contributed by atoms with Crippen molar-refractivity contribution in [1.82, 2.24) is 0 Å². The summed E-state index contributed by atoms with van der Waals surface area (Å²) in [5.74, 6) is -1.06. The second kappa shape index (κ2) is 6.02. The van der Waals surface area contributed by atoms with Gasteiger partial charge in [0.1, 0.15) is 0 Å². The number of ketones is 1. The zero-order valence-electron chi connectivity index (χ0n) is 9.18. The Morgan fingerprint density at radius 1 is 1.31 bits per heavy atom. The van der Waals surface area contributed by atoms with Crippen molar-refractivity contribution in [2.24, 2.45) is 5.73 Å². The summed E-state index contributed by atoms with van der Waals surface area (Å²) in [6.45, 7) is -0.0729. The lowest BCUT2D eigenvalue weighted by Crippen LogP contribution is -2.24. The maximum Gasteiger partial charge on any atom is 0.306 e. The van der Waals surface area contributed by atoms with E-state index in [-0.39, 0.29) is 18.7 Å². The van der Waals surface area contributed by atoms with Crippen LogP contribution in [0.15, 0.2) is 30.3 Å². The van der Waals surface area contributed by atoms with Gasteiger partial charge >= 0.3 is 5.97 Å². The summed E-state index contributed by atoms with van der Waals surface area (Å²) in [6.07, 6.45) is 0.0382. The molecule has 1 aromatic rings. The van der Waals surface area contributed by atoms with E-state index in [1.165, 1.54) is 7.11 Å². The van der Waals surface area contributed by atoms with Crippen LogP contribution in [0.2, 0.25) is 0 Å². The molecule has 1 aromatic carbocycles. The third-order valence-electron chi connectivity index (χ3n) is 2.39. The molecule has 0 bridgehead atoms. The zero-order chi connectivity index (χ0) is 12.0. The molecule has 16 heavy (non-hydrogen) atoms. The van der Waals surface area contributed by atoms with Gasteiger partial charge in [-0.15, -0.1) is 0 Å². The first-order chi connectivity index (χ1) is 7.69. The number of rotatable bonds is 5. The van der Waals surface area contributed by atoms with Crippen LogP contribution in [0.3, 0.4) is 0 Å². The Kier molecular flexibility index (Phi) is 4.66. The van der Waals surface area contributed by atoms with Crippen molar-refractivity contribution in [2.75, 3.05) is 13.7 Å². The highest BCUT2D eigenvalue weighted by molar-refractivity contribution is 5.91. The highest BCUT2D eigenvalue weighted by atomic mass is 16.5. The molecular weight excluding hydrogens is 206 g/mol. The molecule has 0 heterocycles. The second-order valence-corrected chi connectivity index (χ2v) is 3.41. The number of methoxy groups -OCH3 is 1. The van der Waals surface area contributed by atoms with Crippen LogP contribution < -0.4 is 5.73 Å². The van der Waals surface area contributed by atoms with E-state index in [2.05, 4.69) is 4.74 Å². The van der Waals surface area contributed by atoms with Gasteiger partial charge in [-0.25, -0.2) is 0 Å². The molecule has 0 spiro atoms. The van der Waals surface area contributed by atoms with Crippen LogP contribution >= 0.6 is 0 Å². The standard InChI is InChI=1S/C12H15NO3/c1-16-12(15)7-10(11(14)8-13)9-5-3-2-4-6-9/h2-6,10H,7-8,13H2,1H3. The molecule has 4 nitrogen and oxygen atoms in total. The summed E-state index contributed by atoms with van der Waals surface area (Å²) >= 11 is 0. The minimum Gasteiger partial charge on any atom is -0.469 e. The number of hydrogen-bond acceptors (Lipinski definition) is 4. The molecule has 0 amide bonds. The first kappa shape index (κ1) is 12.4. The molecule has 0 aliphatic heterocycles. The molecule has 1 rings (SSSR count). The second-order valence-electron chi connectivity index (χ2n) is 3.41. The molecule has 0 aliphatic rings. The summed E-state index contributed by atoms with van der Waals surface area (Å²) in [4.78, 5) is 22.8. The first-order valence-electron chi connectivity index (χ1n) is 5.03.